The van der Waals surface area contributed by atoms with Gasteiger partial charge in [-0.1, -0.05) is 0 Å². The molecular formula is C22H26N2O7. The fourth-order valence-corrected chi connectivity index (χ4v) is 3.54. The van der Waals surface area contributed by atoms with Crippen LogP contribution in [0.1, 0.15) is 43.0 Å². The van der Waals surface area contributed by atoms with Gasteiger partial charge in [0.25, 0.3) is 11.6 Å². The number of carbonyl (C=O) groups excluding carboxylic acids is 1. The number of nitro groups is 1. The molecule has 31 heavy (non-hydrogen) atoms. The number of nitrogens with one attached hydrogen (secondary N) is 1. The van der Waals surface area contributed by atoms with Crippen molar-refractivity contribution in [2.75, 3.05) is 26.1 Å². The van der Waals surface area contributed by atoms with Crippen LogP contribution in [0.15, 0.2) is 30.3 Å². The Morgan fingerprint density at radius 3 is 2.39 bits per heavy atom. The van der Waals surface area contributed by atoms with Crippen molar-refractivity contribution >= 4 is 17.3 Å². The summed E-state index contributed by atoms with van der Waals surface area (Å²) in [6, 6.07) is 7.50. The first kappa shape index (κ1) is 22.2. The minimum Gasteiger partial charge on any atom is -0.493 e. The molecule has 3 rings (SSSR count). The first-order valence-electron chi connectivity index (χ1n) is 10.1. The van der Waals surface area contributed by atoms with E-state index in [1.807, 2.05) is 0 Å². The van der Waals surface area contributed by atoms with Gasteiger partial charge >= 0.3 is 0 Å². The molecular weight excluding hydrogens is 404 g/mol. The number of rotatable bonds is 9. The lowest BCUT2D eigenvalue weighted by atomic mass is 10.1. The molecule has 1 N–H and O–H groups in total. The lowest BCUT2D eigenvalue weighted by Crippen LogP contribution is -2.15. The van der Waals surface area contributed by atoms with Gasteiger partial charge in [0.15, 0.2) is 23.0 Å². The summed E-state index contributed by atoms with van der Waals surface area (Å²) >= 11 is 0. The second-order valence-corrected chi connectivity index (χ2v) is 7.05. The van der Waals surface area contributed by atoms with E-state index in [0.717, 1.165) is 25.7 Å². The van der Waals surface area contributed by atoms with Crippen LogP contribution in [0.2, 0.25) is 0 Å². The molecule has 1 aliphatic carbocycles. The minimum atomic E-state index is -0.646. The number of anilines is 1. The lowest BCUT2D eigenvalue weighted by Gasteiger charge is -2.17. The summed E-state index contributed by atoms with van der Waals surface area (Å²) in [7, 11) is 2.93. The highest BCUT2D eigenvalue weighted by Gasteiger charge is 2.25. The third-order valence-electron chi connectivity index (χ3n) is 5.04. The fraction of sp³-hybridized carbons (Fsp3) is 0.409. The van der Waals surface area contributed by atoms with Crippen molar-refractivity contribution in [2.24, 2.45) is 0 Å². The van der Waals surface area contributed by atoms with Crippen molar-refractivity contribution in [1.82, 2.24) is 0 Å². The van der Waals surface area contributed by atoms with Gasteiger partial charge in [-0.25, -0.2) is 0 Å². The van der Waals surface area contributed by atoms with Crippen molar-refractivity contribution in [3.8, 4) is 23.0 Å². The first-order chi connectivity index (χ1) is 15.0. The second-order valence-electron chi connectivity index (χ2n) is 7.05. The SMILES string of the molecule is CCOc1cc(C(=O)Nc2ccc(OC)c(OC3CCCC3)c2)c([N+](=O)[O-])cc1OC. The van der Waals surface area contributed by atoms with Crippen LogP contribution in [0.5, 0.6) is 23.0 Å². The highest BCUT2D eigenvalue weighted by Crippen LogP contribution is 2.37. The molecule has 0 atom stereocenters. The molecule has 2 aromatic carbocycles. The Labute approximate surface area is 180 Å². The monoisotopic (exact) mass is 430 g/mol. The van der Waals surface area contributed by atoms with Gasteiger partial charge in [0, 0.05) is 17.8 Å². The van der Waals surface area contributed by atoms with E-state index < -0.39 is 10.8 Å². The third-order valence-corrected chi connectivity index (χ3v) is 5.04. The van der Waals surface area contributed by atoms with Crippen LogP contribution in [-0.2, 0) is 0 Å². The molecule has 1 amide bonds. The summed E-state index contributed by atoms with van der Waals surface area (Å²) < 4.78 is 22.0. The Kier molecular flexibility index (Phi) is 7.17. The number of benzene rings is 2. The van der Waals surface area contributed by atoms with Crippen LogP contribution in [0.4, 0.5) is 11.4 Å². The Balaban J connectivity index is 1.89. The molecule has 166 valence electrons. The quantitative estimate of drug-likeness (QED) is 0.458. The molecule has 0 spiro atoms. The molecule has 0 radical (unpaired) electrons. The van der Waals surface area contributed by atoms with Gasteiger partial charge in [-0.2, -0.15) is 0 Å². The van der Waals surface area contributed by atoms with Crippen molar-refractivity contribution < 1.29 is 28.7 Å². The maximum absolute atomic E-state index is 12.9. The average molecular weight is 430 g/mol. The molecule has 1 saturated carbocycles. The summed E-state index contributed by atoms with van der Waals surface area (Å²) in [5.74, 6) is 0.861. The summed E-state index contributed by atoms with van der Waals surface area (Å²) in [4.78, 5) is 23.8. The third kappa shape index (κ3) is 5.17. The predicted octanol–water partition coefficient (Wildman–Crippen LogP) is 4.58. The van der Waals surface area contributed by atoms with E-state index in [1.54, 1.807) is 32.2 Å². The molecule has 9 nitrogen and oxygen atoms in total. The van der Waals surface area contributed by atoms with Gasteiger partial charge < -0.3 is 24.3 Å². The molecule has 1 fully saturated rings. The maximum Gasteiger partial charge on any atom is 0.286 e. The van der Waals surface area contributed by atoms with Gasteiger partial charge in [-0.3, -0.25) is 14.9 Å². The van der Waals surface area contributed by atoms with Gasteiger partial charge in [0.1, 0.15) is 5.56 Å². The Hall–Kier alpha value is -3.49. The first-order valence-corrected chi connectivity index (χ1v) is 10.1. The molecule has 0 saturated heterocycles. The number of nitro benzene ring substituents is 1. The number of nitrogens with zero attached hydrogens (tertiary/aromatic N) is 1. The van der Waals surface area contributed by atoms with Crippen molar-refractivity contribution in [2.45, 2.75) is 38.7 Å². The molecule has 2 aromatic rings. The zero-order chi connectivity index (χ0) is 22.4. The summed E-state index contributed by atoms with van der Waals surface area (Å²) in [5.41, 5.74) is -0.0843. The molecule has 0 heterocycles. The minimum absolute atomic E-state index is 0.108. The average Bonchev–Trinajstić information content (AvgIpc) is 3.26. The van der Waals surface area contributed by atoms with Crippen LogP contribution < -0.4 is 24.3 Å². The number of carbonyl (C=O) groups is 1. The normalized spacial score (nSPS) is 13.5. The molecule has 0 bridgehead atoms. The van der Waals surface area contributed by atoms with Gasteiger partial charge in [-0.15, -0.1) is 0 Å². The number of hydrogen-bond acceptors (Lipinski definition) is 7. The molecule has 0 aromatic heterocycles. The number of amides is 1. The van der Waals surface area contributed by atoms with Gasteiger partial charge in [-0.05, 0) is 44.7 Å². The van der Waals surface area contributed by atoms with E-state index in [-0.39, 0.29) is 28.9 Å². The van der Waals surface area contributed by atoms with E-state index in [9.17, 15) is 14.9 Å². The number of ether oxygens (including phenoxy) is 4. The van der Waals surface area contributed by atoms with Crippen molar-refractivity contribution in [3.05, 3.63) is 46.0 Å². The Morgan fingerprint density at radius 2 is 1.77 bits per heavy atom. The largest absolute Gasteiger partial charge is 0.493 e. The number of methoxy groups -OCH3 is 2. The molecule has 0 aliphatic heterocycles. The predicted molar refractivity (Wildman–Crippen MR) is 115 cm³/mol. The van der Waals surface area contributed by atoms with Crippen LogP contribution in [0.3, 0.4) is 0 Å². The Bertz CT molecular complexity index is 955. The van der Waals surface area contributed by atoms with Gasteiger partial charge in [0.05, 0.1) is 37.9 Å². The molecule has 9 heteroatoms. The Morgan fingerprint density at radius 1 is 1.06 bits per heavy atom. The van der Waals surface area contributed by atoms with Crippen molar-refractivity contribution in [1.29, 1.82) is 0 Å². The van der Waals surface area contributed by atoms with Gasteiger partial charge in [0.2, 0.25) is 0 Å². The zero-order valence-electron chi connectivity index (χ0n) is 17.8. The van der Waals surface area contributed by atoms with E-state index >= 15 is 0 Å². The zero-order valence-corrected chi connectivity index (χ0v) is 17.8. The van der Waals surface area contributed by atoms with Crippen LogP contribution >= 0.6 is 0 Å². The molecule has 0 unspecified atom stereocenters. The van der Waals surface area contributed by atoms with E-state index in [2.05, 4.69) is 5.32 Å². The van der Waals surface area contributed by atoms with E-state index in [4.69, 9.17) is 18.9 Å². The summed E-state index contributed by atoms with van der Waals surface area (Å²) in [5, 5.41) is 14.2. The van der Waals surface area contributed by atoms with E-state index in [1.165, 1.54) is 19.2 Å². The van der Waals surface area contributed by atoms with Crippen molar-refractivity contribution in [3.63, 3.8) is 0 Å². The summed E-state index contributed by atoms with van der Waals surface area (Å²) in [6.07, 6.45) is 4.28. The highest BCUT2D eigenvalue weighted by molar-refractivity contribution is 6.07. The number of hydrogen-bond donors (Lipinski definition) is 1. The highest BCUT2D eigenvalue weighted by atomic mass is 16.6. The smallest absolute Gasteiger partial charge is 0.286 e. The fourth-order valence-electron chi connectivity index (χ4n) is 3.54. The lowest BCUT2D eigenvalue weighted by molar-refractivity contribution is -0.385. The summed E-state index contributed by atoms with van der Waals surface area (Å²) in [6.45, 7) is 2.08. The second kappa shape index (κ2) is 10.0. The van der Waals surface area contributed by atoms with Crippen LogP contribution in [0.25, 0.3) is 0 Å². The maximum atomic E-state index is 12.9. The topological polar surface area (TPSA) is 109 Å². The standard InChI is InChI=1S/C22H26N2O7/c1-4-30-20-12-16(17(24(26)27)13-19(20)29-3)22(25)23-14-9-10-18(28-2)21(11-14)31-15-7-5-6-8-15/h9-13,15H,4-8H2,1-3H3,(H,23,25). The molecule has 1 aliphatic rings. The van der Waals surface area contributed by atoms with E-state index in [0.29, 0.717) is 23.8 Å². The van der Waals surface area contributed by atoms with Crippen LogP contribution in [-0.4, -0.2) is 37.8 Å². The van der Waals surface area contributed by atoms with Crippen LogP contribution in [0, 0.1) is 10.1 Å².